The first-order chi connectivity index (χ1) is 4.20. The zero-order valence-electron chi connectivity index (χ0n) is 4.80. The Labute approximate surface area is 50.5 Å². The van der Waals surface area contributed by atoms with Gasteiger partial charge in [0.2, 0.25) is 0 Å². The van der Waals surface area contributed by atoms with Gasteiger partial charge >= 0.3 is 5.76 Å². The first kappa shape index (κ1) is 5.81. The molecule has 0 spiro atoms. The van der Waals surface area contributed by atoms with Gasteiger partial charge in [0, 0.05) is 6.92 Å². The van der Waals surface area contributed by atoms with E-state index >= 15 is 0 Å². The molecule has 1 aromatic heterocycles. The van der Waals surface area contributed by atoms with E-state index in [0.29, 0.717) is 0 Å². The number of rotatable bonds is 1. The maximum absolute atomic E-state index is 10.4. The fourth-order valence-electron chi connectivity index (χ4n) is 0.452. The van der Waals surface area contributed by atoms with Crippen LogP contribution >= 0.6 is 0 Å². The molecule has 0 amide bonds. The molecule has 48 valence electrons. The molecule has 0 bridgehead atoms. The SMILES string of the molecule is CC(=O)c1coc(=O)[nH]1. The molecule has 0 aromatic carbocycles. The van der Waals surface area contributed by atoms with Gasteiger partial charge in [-0.1, -0.05) is 0 Å². The van der Waals surface area contributed by atoms with E-state index < -0.39 is 5.76 Å². The largest absolute Gasteiger partial charge is 0.416 e. The van der Waals surface area contributed by atoms with Crippen molar-refractivity contribution in [2.24, 2.45) is 0 Å². The second kappa shape index (κ2) is 1.89. The lowest BCUT2D eigenvalue weighted by Gasteiger charge is -1.78. The van der Waals surface area contributed by atoms with Gasteiger partial charge in [-0.2, -0.15) is 0 Å². The van der Waals surface area contributed by atoms with Crippen LogP contribution < -0.4 is 5.76 Å². The second-order valence-corrected chi connectivity index (χ2v) is 1.62. The molecule has 0 fully saturated rings. The smallest absolute Gasteiger partial charge is 0.416 e. The summed E-state index contributed by atoms with van der Waals surface area (Å²) in [5.74, 6) is -0.805. The maximum atomic E-state index is 10.4. The molecule has 1 heterocycles. The van der Waals surface area contributed by atoms with E-state index in [1.54, 1.807) is 0 Å². The molecule has 4 nitrogen and oxygen atoms in total. The van der Waals surface area contributed by atoms with Crippen LogP contribution in [0.25, 0.3) is 0 Å². The predicted molar refractivity (Wildman–Crippen MR) is 29.3 cm³/mol. The highest BCUT2D eigenvalue weighted by Crippen LogP contribution is 1.89. The van der Waals surface area contributed by atoms with E-state index in [4.69, 9.17) is 0 Å². The van der Waals surface area contributed by atoms with E-state index in [-0.39, 0.29) is 11.5 Å². The molecule has 1 rings (SSSR count). The summed E-state index contributed by atoms with van der Waals surface area (Å²) in [4.78, 5) is 22.9. The third-order valence-electron chi connectivity index (χ3n) is 0.900. The molecule has 0 atom stereocenters. The lowest BCUT2D eigenvalue weighted by molar-refractivity contribution is 0.101. The minimum Gasteiger partial charge on any atom is -0.416 e. The average Bonchev–Trinajstić information content (AvgIpc) is 2.14. The summed E-state index contributed by atoms with van der Waals surface area (Å²) >= 11 is 0. The number of H-pyrrole nitrogens is 1. The zero-order valence-corrected chi connectivity index (χ0v) is 4.80. The molecule has 0 aliphatic heterocycles. The standard InChI is InChI=1S/C5H5NO3/c1-3(7)4-2-9-5(8)6-4/h2H,1H3,(H,6,8). The first-order valence-corrected chi connectivity index (χ1v) is 2.39. The zero-order chi connectivity index (χ0) is 6.85. The predicted octanol–water partition coefficient (Wildman–Crippen LogP) is 0.171. The molecule has 0 unspecified atom stereocenters. The molecule has 9 heavy (non-hydrogen) atoms. The van der Waals surface area contributed by atoms with Crippen LogP contribution in [-0.4, -0.2) is 10.8 Å². The quantitative estimate of drug-likeness (QED) is 0.547. The van der Waals surface area contributed by atoms with Crippen molar-refractivity contribution in [3.63, 3.8) is 0 Å². The Hall–Kier alpha value is -1.32. The summed E-state index contributed by atoms with van der Waals surface area (Å²) in [5.41, 5.74) is 0.208. The van der Waals surface area contributed by atoms with Gasteiger partial charge in [-0.25, -0.2) is 4.79 Å². The number of aromatic nitrogens is 1. The fourth-order valence-corrected chi connectivity index (χ4v) is 0.452. The van der Waals surface area contributed by atoms with Gasteiger partial charge < -0.3 is 4.42 Å². The van der Waals surface area contributed by atoms with Crippen LogP contribution in [0, 0.1) is 0 Å². The third kappa shape index (κ3) is 1.07. The van der Waals surface area contributed by atoms with Gasteiger partial charge in [-0.3, -0.25) is 9.78 Å². The number of ketones is 1. The minimum absolute atomic E-state index is 0.208. The van der Waals surface area contributed by atoms with Crippen molar-refractivity contribution in [2.75, 3.05) is 0 Å². The summed E-state index contributed by atoms with van der Waals surface area (Å²) in [7, 11) is 0. The van der Waals surface area contributed by atoms with Gasteiger partial charge in [0.15, 0.2) is 5.78 Å². The highest BCUT2D eigenvalue weighted by molar-refractivity contribution is 5.91. The number of carbonyl (C=O) groups is 1. The molecule has 0 radical (unpaired) electrons. The summed E-state index contributed by atoms with van der Waals surface area (Å²) in [6.07, 6.45) is 1.10. The van der Waals surface area contributed by atoms with Crippen LogP contribution in [0.5, 0.6) is 0 Å². The summed E-state index contributed by atoms with van der Waals surface area (Å²) < 4.78 is 4.29. The van der Waals surface area contributed by atoms with Crippen LogP contribution in [0.2, 0.25) is 0 Å². The Morgan fingerprint density at radius 1 is 1.78 bits per heavy atom. The third-order valence-corrected chi connectivity index (χ3v) is 0.900. The molecule has 1 N–H and O–H groups in total. The van der Waals surface area contributed by atoms with Gasteiger partial charge in [0.25, 0.3) is 0 Å². The van der Waals surface area contributed by atoms with Gasteiger partial charge in [-0.05, 0) is 0 Å². The van der Waals surface area contributed by atoms with E-state index in [0.717, 1.165) is 6.26 Å². The second-order valence-electron chi connectivity index (χ2n) is 1.62. The maximum Gasteiger partial charge on any atom is 0.416 e. The van der Waals surface area contributed by atoms with E-state index in [1.807, 2.05) is 0 Å². The lowest BCUT2D eigenvalue weighted by atomic mass is 10.4. The number of hydrogen-bond acceptors (Lipinski definition) is 3. The van der Waals surface area contributed by atoms with Crippen LogP contribution in [0.4, 0.5) is 0 Å². The van der Waals surface area contributed by atoms with Crippen LogP contribution in [-0.2, 0) is 0 Å². The molecule has 0 aliphatic rings. The van der Waals surface area contributed by atoms with Crippen molar-refractivity contribution in [1.29, 1.82) is 0 Å². The molecule has 0 saturated carbocycles. The summed E-state index contributed by atoms with van der Waals surface area (Å²) in [6.45, 7) is 1.35. The summed E-state index contributed by atoms with van der Waals surface area (Å²) in [5, 5.41) is 0. The Kier molecular flexibility index (Phi) is 1.22. The number of Topliss-reactive ketones (excluding diaryl/α,β-unsaturated/α-hetero) is 1. The van der Waals surface area contributed by atoms with Crippen molar-refractivity contribution >= 4 is 5.78 Å². The number of hydrogen-bond donors (Lipinski definition) is 1. The monoisotopic (exact) mass is 127 g/mol. The van der Waals surface area contributed by atoms with Gasteiger partial charge in [-0.15, -0.1) is 0 Å². The number of carbonyl (C=O) groups excluding carboxylic acids is 1. The topological polar surface area (TPSA) is 63.1 Å². The minimum atomic E-state index is -0.597. The Balaban J connectivity index is 3.12. The number of aromatic amines is 1. The van der Waals surface area contributed by atoms with Crippen molar-refractivity contribution < 1.29 is 9.21 Å². The van der Waals surface area contributed by atoms with Crippen LogP contribution in [0.15, 0.2) is 15.5 Å². The van der Waals surface area contributed by atoms with E-state index in [2.05, 4.69) is 9.40 Å². The number of nitrogens with one attached hydrogen (secondary N) is 1. The Morgan fingerprint density at radius 2 is 2.44 bits per heavy atom. The Morgan fingerprint density at radius 3 is 2.67 bits per heavy atom. The van der Waals surface area contributed by atoms with Crippen LogP contribution in [0.1, 0.15) is 17.4 Å². The Bertz CT molecular complexity index is 270. The molecule has 4 heteroatoms. The highest BCUT2D eigenvalue weighted by atomic mass is 16.4. The van der Waals surface area contributed by atoms with Crippen molar-refractivity contribution in [3.05, 3.63) is 22.5 Å². The van der Waals surface area contributed by atoms with E-state index in [9.17, 15) is 9.59 Å². The molecule has 1 aromatic rings. The van der Waals surface area contributed by atoms with Crippen molar-refractivity contribution in [1.82, 2.24) is 4.98 Å². The molecular formula is C5H5NO3. The van der Waals surface area contributed by atoms with E-state index in [1.165, 1.54) is 6.92 Å². The first-order valence-electron chi connectivity index (χ1n) is 2.39. The average molecular weight is 127 g/mol. The number of oxazole rings is 1. The molecular weight excluding hydrogens is 122 g/mol. The van der Waals surface area contributed by atoms with Crippen molar-refractivity contribution in [2.45, 2.75) is 6.92 Å². The molecule has 0 aliphatic carbocycles. The summed E-state index contributed by atoms with van der Waals surface area (Å²) in [6, 6.07) is 0. The highest BCUT2D eigenvalue weighted by Gasteiger charge is 2.00. The van der Waals surface area contributed by atoms with Crippen molar-refractivity contribution in [3.8, 4) is 0 Å². The fraction of sp³-hybridized carbons (Fsp3) is 0.200. The van der Waals surface area contributed by atoms with Gasteiger partial charge in [0.1, 0.15) is 12.0 Å². The van der Waals surface area contributed by atoms with Gasteiger partial charge in [0.05, 0.1) is 0 Å². The molecule has 0 saturated heterocycles. The van der Waals surface area contributed by atoms with Crippen LogP contribution in [0.3, 0.4) is 0 Å². The lowest BCUT2D eigenvalue weighted by Crippen LogP contribution is -1.99. The normalized spacial score (nSPS) is 9.44.